The molecule has 0 saturated carbocycles. The number of nitrogens with zero attached hydrogens (tertiary/aromatic N) is 2. The Morgan fingerprint density at radius 3 is 1.68 bits per heavy atom. The summed E-state index contributed by atoms with van der Waals surface area (Å²) in [7, 11) is 1.14. The van der Waals surface area contributed by atoms with E-state index in [1.807, 2.05) is 0 Å². The minimum Gasteiger partial charge on any atom is -0.467 e. The molecule has 0 radical (unpaired) electrons. The standard InChI is InChI=1S/C24H36N2O8/c1-16(2)18(19(27)31-9)25(20(28)32-15-17-13-11-10-12-14-17)26(21(29)33-23(3,4)5)22(30)34-24(6,7)8/h10-14,16,18H,15H2,1-9H3/t18-/m1/s1. The lowest BCUT2D eigenvalue weighted by Gasteiger charge is -2.38. The molecular formula is C24H36N2O8. The van der Waals surface area contributed by atoms with Gasteiger partial charge in [0.15, 0.2) is 6.04 Å². The number of methoxy groups -OCH3 is 1. The van der Waals surface area contributed by atoms with Crippen LogP contribution in [0, 0.1) is 5.92 Å². The molecule has 1 atom stereocenters. The van der Waals surface area contributed by atoms with Crippen LogP contribution in [-0.2, 0) is 30.3 Å². The number of hydrazine groups is 1. The first-order valence-corrected chi connectivity index (χ1v) is 10.9. The second-order valence-corrected chi connectivity index (χ2v) is 9.87. The normalized spacial score (nSPS) is 12.4. The van der Waals surface area contributed by atoms with Gasteiger partial charge in [-0.25, -0.2) is 19.2 Å². The van der Waals surface area contributed by atoms with Gasteiger partial charge < -0.3 is 18.9 Å². The maximum Gasteiger partial charge on any atom is 0.439 e. The minimum atomic E-state index is -1.40. The van der Waals surface area contributed by atoms with E-state index < -0.39 is 47.4 Å². The molecule has 0 aliphatic rings. The number of carbonyl (C=O) groups excluding carboxylic acids is 4. The molecule has 0 aliphatic heterocycles. The Kier molecular flexibility index (Phi) is 9.90. The van der Waals surface area contributed by atoms with Crippen molar-refractivity contribution in [2.75, 3.05) is 7.11 Å². The van der Waals surface area contributed by atoms with Gasteiger partial charge in [0.1, 0.15) is 17.8 Å². The molecule has 1 aromatic carbocycles. The van der Waals surface area contributed by atoms with Crippen molar-refractivity contribution in [2.45, 2.75) is 79.2 Å². The molecule has 10 heteroatoms. The fraction of sp³-hybridized carbons (Fsp3) is 0.583. The highest BCUT2D eigenvalue weighted by Crippen LogP contribution is 2.23. The molecule has 0 fully saturated rings. The second-order valence-electron chi connectivity index (χ2n) is 9.87. The van der Waals surface area contributed by atoms with Crippen molar-refractivity contribution >= 4 is 24.2 Å². The molecule has 190 valence electrons. The smallest absolute Gasteiger partial charge is 0.439 e. The molecule has 0 N–H and O–H groups in total. The molecule has 10 nitrogen and oxygen atoms in total. The number of hydrogen-bond donors (Lipinski definition) is 0. The van der Waals surface area contributed by atoms with Crippen LogP contribution in [-0.4, -0.2) is 58.6 Å². The third kappa shape index (κ3) is 8.92. The Hall–Kier alpha value is -3.30. The predicted octanol–water partition coefficient (Wildman–Crippen LogP) is 4.91. The lowest BCUT2D eigenvalue weighted by Crippen LogP contribution is -2.62. The first-order chi connectivity index (χ1) is 15.6. The Labute approximate surface area is 201 Å². The first-order valence-electron chi connectivity index (χ1n) is 10.9. The molecule has 0 unspecified atom stereocenters. The van der Waals surface area contributed by atoms with Crippen LogP contribution in [0.1, 0.15) is 61.0 Å². The van der Waals surface area contributed by atoms with Gasteiger partial charge in [0.2, 0.25) is 0 Å². The molecule has 1 rings (SSSR count). The van der Waals surface area contributed by atoms with Crippen molar-refractivity contribution in [1.82, 2.24) is 10.0 Å². The van der Waals surface area contributed by atoms with Crippen LogP contribution in [0.3, 0.4) is 0 Å². The Bertz CT molecular complexity index is 828. The van der Waals surface area contributed by atoms with Crippen LogP contribution in [0.4, 0.5) is 14.4 Å². The van der Waals surface area contributed by atoms with E-state index in [0.29, 0.717) is 15.6 Å². The van der Waals surface area contributed by atoms with E-state index in [1.165, 1.54) is 0 Å². The summed E-state index contributed by atoms with van der Waals surface area (Å²) in [5.74, 6) is -1.44. The minimum absolute atomic E-state index is 0.168. The van der Waals surface area contributed by atoms with Gasteiger partial charge in [0.05, 0.1) is 7.11 Å². The first kappa shape index (κ1) is 28.7. The molecule has 0 aliphatic carbocycles. The molecule has 34 heavy (non-hydrogen) atoms. The molecular weight excluding hydrogens is 444 g/mol. The van der Waals surface area contributed by atoms with Crippen LogP contribution >= 0.6 is 0 Å². The highest BCUT2D eigenvalue weighted by Gasteiger charge is 2.46. The average molecular weight is 481 g/mol. The molecule has 0 aromatic heterocycles. The van der Waals surface area contributed by atoms with E-state index in [2.05, 4.69) is 0 Å². The van der Waals surface area contributed by atoms with Crippen LogP contribution in [0.15, 0.2) is 30.3 Å². The van der Waals surface area contributed by atoms with Crippen molar-refractivity contribution in [2.24, 2.45) is 5.92 Å². The lowest BCUT2D eigenvalue weighted by atomic mass is 10.0. The summed E-state index contributed by atoms with van der Waals surface area (Å²) in [4.78, 5) is 52.3. The van der Waals surface area contributed by atoms with Crippen molar-refractivity contribution in [3.8, 4) is 0 Å². The van der Waals surface area contributed by atoms with Gasteiger partial charge in [-0.1, -0.05) is 44.2 Å². The SMILES string of the molecule is COC(=O)[C@@H](C(C)C)N(C(=O)OCc1ccccc1)N(C(=O)OC(C)(C)C)C(=O)OC(C)(C)C. The number of hydrogen-bond acceptors (Lipinski definition) is 8. The van der Waals surface area contributed by atoms with Crippen molar-refractivity contribution in [3.05, 3.63) is 35.9 Å². The van der Waals surface area contributed by atoms with E-state index in [-0.39, 0.29) is 6.61 Å². The number of benzene rings is 1. The highest BCUT2D eigenvalue weighted by molar-refractivity contribution is 5.92. The Morgan fingerprint density at radius 2 is 1.29 bits per heavy atom. The zero-order valence-electron chi connectivity index (χ0n) is 21.4. The summed E-state index contributed by atoms with van der Waals surface area (Å²) in [5.41, 5.74) is -1.37. The maximum absolute atomic E-state index is 13.3. The van der Waals surface area contributed by atoms with Gasteiger partial charge in [0, 0.05) is 0 Å². The molecule has 0 saturated heterocycles. The molecule has 1 aromatic rings. The van der Waals surface area contributed by atoms with E-state index in [9.17, 15) is 19.2 Å². The number of esters is 1. The monoisotopic (exact) mass is 480 g/mol. The molecule has 3 amide bonds. The third-order valence-electron chi connectivity index (χ3n) is 4.08. The largest absolute Gasteiger partial charge is 0.467 e. The zero-order valence-corrected chi connectivity index (χ0v) is 21.4. The van der Waals surface area contributed by atoms with Crippen LogP contribution < -0.4 is 0 Å². The number of ether oxygens (including phenoxy) is 4. The van der Waals surface area contributed by atoms with Gasteiger partial charge in [-0.05, 0) is 53.0 Å². The summed E-state index contributed by atoms with van der Waals surface area (Å²) in [6.45, 7) is 12.6. The molecule has 0 bridgehead atoms. The van der Waals surface area contributed by atoms with Crippen molar-refractivity contribution < 1.29 is 38.1 Å². The van der Waals surface area contributed by atoms with E-state index >= 15 is 0 Å². The van der Waals surface area contributed by atoms with Crippen molar-refractivity contribution in [3.63, 3.8) is 0 Å². The number of amides is 3. The second kappa shape index (κ2) is 11.7. The maximum atomic E-state index is 13.3. The van der Waals surface area contributed by atoms with Crippen LogP contribution in [0.2, 0.25) is 0 Å². The van der Waals surface area contributed by atoms with Gasteiger partial charge in [-0.3, -0.25) is 0 Å². The summed E-state index contributed by atoms with van der Waals surface area (Å²) < 4.78 is 21.0. The van der Waals surface area contributed by atoms with E-state index in [0.717, 1.165) is 7.11 Å². The topological polar surface area (TPSA) is 112 Å². The van der Waals surface area contributed by atoms with Crippen LogP contribution in [0.5, 0.6) is 0 Å². The summed E-state index contributed by atoms with van der Waals surface area (Å²) in [6.07, 6.45) is -3.56. The summed E-state index contributed by atoms with van der Waals surface area (Å²) >= 11 is 0. The quantitative estimate of drug-likeness (QED) is 0.332. The van der Waals surface area contributed by atoms with Gasteiger partial charge >= 0.3 is 24.2 Å². The fourth-order valence-electron chi connectivity index (χ4n) is 2.74. The number of carbonyl (C=O) groups is 4. The van der Waals surface area contributed by atoms with Gasteiger partial charge in [-0.15, -0.1) is 5.01 Å². The number of imide groups is 1. The summed E-state index contributed by atoms with van der Waals surface area (Å²) in [5, 5.41) is 0.951. The van der Waals surface area contributed by atoms with Gasteiger partial charge in [-0.2, -0.15) is 5.01 Å². The van der Waals surface area contributed by atoms with Crippen LogP contribution in [0.25, 0.3) is 0 Å². The molecule has 0 spiro atoms. The Balaban J connectivity index is 3.54. The van der Waals surface area contributed by atoms with E-state index in [1.54, 1.807) is 85.7 Å². The van der Waals surface area contributed by atoms with Crippen molar-refractivity contribution in [1.29, 1.82) is 0 Å². The Morgan fingerprint density at radius 1 is 0.824 bits per heavy atom. The highest BCUT2D eigenvalue weighted by atomic mass is 16.6. The van der Waals surface area contributed by atoms with E-state index in [4.69, 9.17) is 18.9 Å². The summed E-state index contributed by atoms with van der Waals surface area (Å²) in [6, 6.07) is 7.40. The van der Waals surface area contributed by atoms with Gasteiger partial charge in [0.25, 0.3) is 0 Å². The fourth-order valence-corrected chi connectivity index (χ4v) is 2.74. The lowest BCUT2D eigenvalue weighted by molar-refractivity contribution is -0.155. The third-order valence-corrected chi connectivity index (χ3v) is 4.08. The zero-order chi connectivity index (χ0) is 26.3. The molecule has 0 heterocycles. The predicted molar refractivity (Wildman–Crippen MR) is 123 cm³/mol. The average Bonchev–Trinajstić information content (AvgIpc) is 2.69. The number of rotatable bonds is 5.